The summed E-state index contributed by atoms with van der Waals surface area (Å²) < 4.78 is 11.0. The molecule has 5 rings (SSSR count). The summed E-state index contributed by atoms with van der Waals surface area (Å²) in [5, 5.41) is 0. The van der Waals surface area contributed by atoms with E-state index in [4.69, 9.17) is 9.47 Å². The van der Waals surface area contributed by atoms with Crippen LogP contribution in [0, 0.1) is 0 Å². The second-order valence-electron chi connectivity index (χ2n) is 10.8. The minimum Gasteiger partial charge on any atom is -0.459 e. The van der Waals surface area contributed by atoms with Gasteiger partial charge in [-0.2, -0.15) is 0 Å². The number of esters is 2. The van der Waals surface area contributed by atoms with Crippen molar-refractivity contribution in [2.45, 2.75) is 63.8 Å². The standard InChI is InChI=1S/C34H36N2O6/c37-31(35-19-7-13-29(35)33(39)41-23-27-9-3-1-4-10-27)21-25-15-17-26(18-16-25)22-32(38)36-20-8-14-30(36)34(40)42-24-28-11-5-2-6-12-28/h1-6,9-12,15-18,29-30H,7-8,13-14,19-24H2. The third-order valence-electron chi connectivity index (χ3n) is 7.87. The number of likely N-dealkylation sites (tertiary alicyclic amines) is 2. The maximum Gasteiger partial charge on any atom is 0.329 e. The minimum atomic E-state index is -0.564. The van der Waals surface area contributed by atoms with Crippen LogP contribution in [0.5, 0.6) is 0 Å². The van der Waals surface area contributed by atoms with Crippen molar-refractivity contribution in [1.82, 2.24) is 9.80 Å². The normalized spacial score (nSPS) is 18.1. The molecular formula is C34H36N2O6. The van der Waals surface area contributed by atoms with Gasteiger partial charge in [0.1, 0.15) is 25.3 Å². The molecule has 218 valence electrons. The van der Waals surface area contributed by atoms with Gasteiger partial charge in [0.2, 0.25) is 11.8 Å². The van der Waals surface area contributed by atoms with E-state index in [1.807, 2.05) is 84.9 Å². The predicted octanol–water partition coefficient (Wildman–Crippen LogP) is 4.24. The first kappa shape index (κ1) is 29.0. The number of rotatable bonds is 10. The van der Waals surface area contributed by atoms with Crippen molar-refractivity contribution in [3.05, 3.63) is 107 Å². The zero-order chi connectivity index (χ0) is 29.3. The van der Waals surface area contributed by atoms with Gasteiger partial charge >= 0.3 is 11.9 Å². The van der Waals surface area contributed by atoms with Crippen molar-refractivity contribution in [1.29, 1.82) is 0 Å². The highest BCUT2D eigenvalue weighted by Crippen LogP contribution is 2.23. The first-order chi connectivity index (χ1) is 20.5. The van der Waals surface area contributed by atoms with Crippen molar-refractivity contribution >= 4 is 23.8 Å². The zero-order valence-electron chi connectivity index (χ0n) is 23.7. The number of carbonyl (C=O) groups excluding carboxylic acids is 4. The van der Waals surface area contributed by atoms with Crippen LogP contribution in [0.4, 0.5) is 0 Å². The predicted molar refractivity (Wildman–Crippen MR) is 156 cm³/mol. The lowest BCUT2D eigenvalue weighted by Gasteiger charge is -2.24. The third-order valence-corrected chi connectivity index (χ3v) is 7.87. The molecule has 8 heteroatoms. The molecule has 0 radical (unpaired) electrons. The maximum atomic E-state index is 13.1. The highest BCUT2D eigenvalue weighted by atomic mass is 16.5. The van der Waals surface area contributed by atoms with Gasteiger partial charge in [-0.15, -0.1) is 0 Å². The summed E-state index contributed by atoms with van der Waals surface area (Å²) in [5.41, 5.74) is 3.43. The molecule has 2 aliphatic heterocycles. The molecule has 8 nitrogen and oxygen atoms in total. The molecule has 0 aliphatic carbocycles. The molecule has 0 aromatic heterocycles. The molecule has 3 aromatic carbocycles. The van der Waals surface area contributed by atoms with E-state index in [2.05, 4.69) is 0 Å². The third kappa shape index (κ3) is 7.43. The van der Waals surface area contributed by atoms with Gasteiger partial charge in [-0.3, -0.25) is 9.59 Å². The van der Waals surface area contributed by atoms with Gasteiger partial charge in [0.05, 0.1) is 12.8 Å². The van der Waals surface area contributed by atoms with E-state index in [-0.39, 0.29) is 49.8 Å². The number of amides is 2. The lowest BCUT2D eigenvalue weighted by Crippen LogP contribution is -2.42. The van der Waals surface area contributed by atoms with Crippen LogP contribution in [0.25, 0.3) is 0 Å². The maximum absolute atomic E-state index is 13.1. The van der Waals surface area contributed by atoms with Crippen LogP contribution < -0.4 is 0 Å². The van der Waals surface area contributed by atoms with E-state index in [1.54, 1.807) is 9.80 Å². The van der Waals surface area contributed by atoms with Gasteiger partial charge in [0.25, 0.3) is 0 Å². The lowest BCUT2D eigenvalue weighted by atomic mass is 10.1. The molecule has 2 fully saturated rings. The summed E-state index contributed by atoms with van der Waals surface area (Å²) in [5.74, 6) is -0.982. The topological polar surface area (TPSA) is 93.2 Å². The van der Waals surface area contributed by atoms with Gasteiger partial charge in [0, 0.05) is 13.1 Å². The smallest absolute Gasteiger partial charge is 0.329 e. The van der Waals surface area contributed by atoms with E-state index >= 15 is 0 Å². The summed E-state index contributed by atoms with van der Waals surface area (Å²) >= 11 is 0. The van der Waals surface area contributed by atoms with E-state index < -0.39 is 12.1 Å². The Kier molecular flexibility index (Phi) is 9.64. The van der Waals surface area contributed by atoms with Crippen molar-refractivity contribution in [2.24, 2.45) is 0 Å². The molecule has 2 heterocycles. The first-order valence-corrected chi connectivity index (χ1v) is 14.6. The van der Waals surface area contributed by atoms with Crippen LogP contribution in [0.15, 0.2) is 84.9 Å². The van der Waals surface area contributed by atoms with E-state index in [9.17, 15) is 19.2 Å². The van der Waals surface area contributed by atoms with Crippen molar-refractivity contribution in [2.75, 3.05) is 13.1 Å². The van der Waals surface area contributed by atoms with Crippen LogP contribution >= 0.6 is 0 Å². The highest BCUT2D eigenvalue weighted by Gasteiger charge is 2.36. The molecule has 3 aromatic rings. The van der Waals surface area contributed by atoms with Crippen molar-refractivity contribution in [3.63, 3.8) is 0 Å². The SMILES string of the molecule is O=C(OCc1ccccc1)C1CCCN1C(=O)Cc1ccc(CC(=O)N2CCCC2C(=O)OCc2ccccc2)cc1. The Morgan fingerprint density at radius 1 is 0.548 bits per heavy atom. The van der Waals surface area contributed by atoms with Crippen molar-refractivity contribution < 1.29 is 28.7 Å². The van der Waals surface area contributed by atoms with Gasteiger partial charge in [-0.1, -0.05) is 84.9 Å². The number of ether oxygens (including phenoxy) is 2. The zero-order valence-corrected chi connectivity index (χ0v) is 23.7. The van der Waals surface area contributed by atoms with Crippen LogP contribution in [-0.2, 0) is 54.7 Å². The Labute approximate surface area is 246 Å². The Morgan fingerprint density at radius 3 is 1.31 bits per heavy atom. The van der Waals surface area contributed by atoms with E-state index in [1.165, 1.54) is 0 Å². The molecular weight excluding hydrogens is 532 g/mol. The van der Waals surface area contributed by atoms with Gasteiger partial charge in [-0.05, 0) is 47.9 Å². The molecule has 2 unspecified atom stereocenters. The molecule has 2 saturated heterocycles. The second-order valence-corrected chi connectivity index (χ2v) is 10.8. The van der Waals surface area contributed by atoms with Crippen LogP contribution in [0.3, 0.4) is 0 Å². The summed E-state index contributed by atoms with van der Waals surface area (Å²) in [6.07, 6.45) is 3.04. The average Bonchev–Trinajstić information content (AvgIpc) is 3.72. The second kappa shape index (κ2) is 13.9. The molecule has 0 N–H and O–H groups in total. The summed E-state index contributed by atoms with van der Waals surface area (Å²) in [4.78, 5) is 54.9. The number of carbonyl (C=O) groups is 4. The molecule has 0 saturated carbocycles. The molecule has 2 aliphatic rings. The fourth-order valence-electron chi connectivity index (χ4n) is 5.60. The van der Waals surface area contributed by atoms with E-state index in [0.29, 0.717) is 25.9 Å². The summed E-state index contributed by atoms with van der Waals surface area (Å²) in [7, 11) is 0. The molecule has 0 spiro atoms. The lowest BCUT2D eigenvalue weighted by molar-refractivity contribution is -0.154. The van der Waals surface area contributed by atoms with Crippen LogP contribution in [-0.4, -0.2) is 58.7 Å². The average molecular weight is 569 g/mol. The highest BCUT2D eigenvalue weighted by molar-refractivity contribution is 5.87. The Bertz CT molecular complexity index is 1270. The monoisotopic (exact) mass is 568 g/mol. The summed E-state index contributed by atoms with van der Waals surface area (Å²) in [6.45, 7) is 1.43. The summed E-state index contributed by atoms with van der Waals surface area (Å²) in [6, 6.07) is 25.2. The fourth-order valence-corrected chi connectivity index (χ4v) is 5.60. The number of hydrogen-bond donors (Lipinski definition) is 0. The quantitative estimate of drug-likeness (QED) is 0.340. The Hall–Kier alpha value is -4.46. The van der Waals surface area contributed by atoms with E-state index in [0.717, 1.165) is 35.1 Å². The largest absolute Gasteiger partial charge is 0.459 e. The number of nitrogens with zero attached hydrogens (tertiary/aromatic N) is 2. The molecule has 2 atom stereocenters. The molecule has 0 bridgehead atoms. The number of hydrogen-bond acceptors (Lipinski definition) is 6. The van der Waals surface area contributed by atoms with Crippen molar-refractivity contribution in [3.8, 4) is 0 Å². The molecule has 42 heavy (non-hydrogen) atoms. The fraction of sp³-hybridized carbons (Fsp3) is 0.353. The van der Waals surface area contributed by atoms with Crippen LogP contribution in [0.1, 0.15) is 47.9 Å². The van der Waals surface area contributed by atoms with Gasteiger partial charge in [0.15, 0.2) is 0 Å². The van der Waals surface area contributed by atoms with Crippen LogP contribution in [0.2, 0.25) is 0 Å². The Morgan fingerprint density at radius 2 is 0.929 bits per heavy atom. The first-order valence-electron chi connectivity index (χ1n) is 14.6. The van der Waals surface area contributed by atoms with Gasteiger partial charge in [-0.25, -0.2) is 9.59 Å². The molecule has 2 amide bonds. The Balaban J connectivity index is 1.10. The number of benzene rings is 3. The minimum absolute atomic E-state index is 0.119. The van der Waals surface area contributed by atoms with Gasteiger partial charge < -0.3 is 19.3 Å².